The Balaban J connectivity index is 1.72. The molecule has 0 aliphatic carbocycles. The fraction of sp³-hybridized carbons (Fsp3) is 0.125. The molecule has 3 heterocycles. The van der Waals surface area contributed by atoms with Gasteiger partial charge < -0.3 is 9.15 Å². The third-order valence-electron chi connectivity index (χ3n) is 3.41. The zero-order chi connectivity index (χ0) is 13.4. The maximum atomic E-state index is 5.84. The highest BCUT2D eigenvalue weighted by Gasteiger charge is 2.14. The molecule has 0 radical (unpaired) electrons. The summed E-state index contributed by atoms with van der Waals surface area (Å²) in [5.41, 5.74) is 3.18. The zero-order valence-corrected chi connectivity index (χ0v) is 10.7. The maximum Gasteiger partial charge on any atom is 0.226 e. The van der Waals surface area contributed by atoms with Gasteiger partial charge in [-0.15, -0.1) is 0 Å². The number of rotatable bonds is 2. The van der Waals surface area contributed by atoms with E-state index in [0.29, 0.717) is 5.89 Å². The summed E-state index contributed by atoms with van der Waals surface area (Å²) in [6.07, 6.45) is 6.17. The van der Waals surface area contributed by atoms with Gasteiger partial charge in [-0.05, 0) is 35.9 Å². The fourth-order valence-electron chi connectivity index (χ4n) is 2.38. The second-order valence-electron chi connectivity index (χ2n) is 4.69. The van der Waals surface area contributed by atoms with Crippen LogP contribution in [0, 0.1) is 0 Å². The monoisotopic (exact) mass is 264 g/mol. The number of nitrogens with zero attached hydrogens (tertiary/aromatic N) is 2. The normalized spacial score (nSPS) is 13.0. The van der Waals surface area contributed by atoms with Crippen LogP contribution in [0.3, 0.4) is 0 Å². The molecule has 0 saturated carbocycles. The summed E-state index contributed by atoms with van der Waals surface area (Å²) in [6, 6.07) is 9.87. The van der Waals surface area contributed by atoms with Crippen LogP contribution >= 0.6 is 0 Å². The summed E-state index contributed by atoms with van der Waals surface area (Å²) in [6.45, 7) is 0.761. The van der Waals surface area contributed by atoms with Gasteiger partial charge in [0.1, 0.15) is 5.75 Å². The number of ether oxygens (including phenoxy) is 1. The summed E-state index contributed by atoms with van der Waals surface area (Å²) in [7, 11) is 0. The number of benzene rings is 1. The Morgan fingerprint density at radius 2 is 1.90 bits per heavy atom. The molecule has 2 aromatic heterocycles. The van der Waals surface area contributed by atoms with Gasteiger partial charge in [0.05, 0.1) is 12.8 Å². The van der Waals surface area contributed by atoms with Gasteiger partial charge in [-0.3, -0.25) is 4.98 Å². The molecule has 0 amide bonds. The van der Waals surface area contributed by atoms with Crippen molar-refractivity contribution in [1.82, 2.24) is 9.97 Å². The van der Waals surface area contributed by atoms with Crippen LogP contribution < -0.4 is 4.74 Å². The Kier molecular flexibility index (Phi) is 2.52. The van der Waals surface area contributed by atoms with E-state index in [1.807, 2.05) is 24.3 Å². The molecule has 0 N–H and O–H groups in total. The first kappa shape index (κ1) is 11.2. The molecule has 1 aliphatic heterocycles. The largest absolute Gasteiger partial charge is 0.493 e. The molecule has 3 aromatic rings. The van der Waals surface area contributed by atoms with Crippen LogP contribution in [0.5, 0.6) is 5.75 Å². The highest BCUT2D eigenvalue weighted by atomic mass is 16.5. The van der Waals surface area contributed by atoms with Crippen LogP contribution in [0.25, 0.3) is 22.8 Å². The second-order valence-corrected chi connectivity index (χ2v) is 4.69. The van der Waals surface area contributed by atoms with Gasteiger partial charge in [0, 0.05) is 29.9 Å². The molecular weight excluding hydrogens is 252 g/mol. The first-order valence-corrected chi connectivity index (χ1v) is 6.52. The molecule has 0 unspecified atom stereocenters. The predicted molar refractivity (Wildman–Crippen MR) is 74.4 cm³/mol. The van der Waals surface area contributed by atoms with Gasteiger partial charge in [0.25, 0.3) is 0 Å². The lowest BCUT2D eigenvalue weighted by Gasteiger charge is -2.01. The van der Waals surface area contributed by atoms with E-state index in [1.165, 1.54) is 5.56 Å². The van der Waals surface area contributed by atoms with Crippen LogP contribution in [0.4, 0.5) is 0 Å². The maximum absolute atomic E-state index is 5.84. The number of oxazole rings is 1. The van der Waals surface area contributed by atoms with Crippen molar-refractivity contribution in [2.24, 2.45) is 0 Å². The van der Waals surface area contributed by atoms with Crippen molar-refractivity contribution in [3.8, 4) is 28.5 Å². The molecule has 1 aromatic carbocycles. The van der Waals surface area contributed by atoms with Gasteiger partial charge in [-0.25, -0.2) is 4.98 Å². The van der Waals surface area contributed by atoms with E-state index in [4.69, 9.17) is 9.15 Å². The molecule has 98 valence electrons. The Labute approximate surface area is 116 Å². The van der Waals surface area contributed by atoms with E-state index < -0.39 is 0 Å². The molecular formula is C16H12N2O2. The average Bonchev–Trinajstić information content (AvgIpc) is 3.16. The second kappa shape index (κ2) is 4.49. The first-order valence-electron chi connectivity index (χ1n) is 6.52. The average molecular weight is 264 g/mol. The topological polar surface area (TPSA) is 48.2 Å². The van der Waals surface area contributed by atoms with Crippen molar-refractivity contribution in [2.45, 2.75) is 6.42 Å². The van der Waals surface area contributed by atoms with Crippen molar-refractivity contribution in [2.75, 3.05) is 6.61 Å². The van der Waals surface area contributed by atoms with Crippen LogP contribution in [0.15, 0.2) is 53.3 Å². The van der Waals surface area contributed by atoms with Crippen LogP contribution in [0.2, 0.25) is 0 Å². The van der Waals surface area contributed by atoms with E-state index in [9.17, 15) is 0 Å². The highest BCUT2D eigenvalue weighted by molar-refractivity contribution is 5.63. The molecule has 20 heavy (non-hydrogen) atoms. The minimum absolute atomic E-state index is 0.610. The molecule has 0 bridgehead atoms. The van der Waals surface area contributed by atoms with Gasteiger partial charge in [0.15, 0.2) is 5.76 Å². The Bertz CT molecular complexity index is 750. The zero-order valence-electron chi connectivity index (χ0n) is 10.7. The quantitative estimate of drug-likeness (QED) is 0.712. The predicted octanol–water partition coefficient (Wildman–Crippen LogP) is 3.34. The van der Waals surface area contributed by atoms with E-state index >= 15 is 0 Å². The lowest BCUT2D eigenvalue weighted by molar-refractivity contribution is 0.357. The van der Waals surface area contributed by atoms with Crippen LogP contribution in [-0.4, -0.2) is 16.6 Å². The number of hydrogen-bond donors (Lipinski definition) is 0. The molecule has 4 rings (SSSR count). The number of aromatic nitrogens is 2. The Morgan fingerprint density at radius 1 is 1.00 bits per heavy atom. The molecule has 0 atom stereocenters. The SMILES string of the molecule is c1cc(-c2ncc(-c3ccc4c(c3)CCO4)o2)ccn1. The molecule has 4 nitrogen and oxygen atoms in total. The Morgan fingerprint density at radius 3 is 2.80 bits per heavy atom. The lowest BCUT2D eigenvalue weighted by Crippen LogP contribution is -1.85. The summed E-state index contributed by atoms with van der Waals surface area (Å²) >= 11 is 0. The number of fused-ring (bicyclic) bond motifs is 1. The summed E-state index contributed by atoms with van der Waals surface area (Å²) in [5.74, 6) is 2.35. The summed E-state index contributed by atoms with van der Waals surface area (Å²) in [5, 5.41) is 0. The van der Waals surface area contributed by atoms with Crippen molar-refractivity contribution in [1.29, 1.82) is 0 Å². The van der Waals surface area contributed by atoms with Crippen molar-refractivity contribution in [3.63, 3.8) is 0 Å². The van der Waals surface area contributed by atoms with Gasteiger partial charge in [-0.2, -0.15) is 0 Å². The minimum Gasteiger partial charge on any atom is -0.493 e. The standard InChI is InChI=1S/C16H12N2O2/c1-2-14-13(5-8-19-14)9-12(1)15-10-18-16(20-15)11-3-6-17-7-4-11/h1-4,6-7,9-10H,5,8H2. The van der Waals surface area contributed by atoms with E-state index in [2.05, 4.69) is 16.0 Å². The first-order chi connectivity index (χ1) is 9.90. The summed E-state index contributed by atoms with van der Waals surface area (Å²) < 4.78 is 11.3. The van der Waals surface area contributed by atoms with E-state index in [1.54, 1.807) is 18.6 Å². The Hall–Kier alpha value is -2.62. The molecule has 0 spiro atoms. The van der Waals surface area contributed by atoms with E-state index in [-0.39, 0.29) is 0 Å². The van der Waals surface area contributed by atoms with Crippen LogP contribution in [0.1, 0.15) is 5.56 Å². The van der Waals surface area contributed by atoms with Crippen LogP contribution in [-0.2, 0) is 6.42 Å². The third-order valence-corrected chi connectivity index (χ3v) is 3.41. The molecule has 4 heteroatoms. The third kappa shape index (κ3) is 1.86. The minimum atomic E-state index is 0.610. The van der Waals surface area contributed by atoms with E-state index in [0.717, 1.165) is 35.7 Å². The molecule has 0 fully saturated rings. The highest BCUT2D eigenvalue weighted by Crippen LogP contribution is 2.32. The summed E-state index contributed by atoms with van der Waals surface area (Å²) in [4.78, 5) is 8.32. The lowest BCUT2D eigenvalue weighted by atomic mass is 10.1. The smallest absolute Gasteiger partial charge is 0.226 e. The number of pyridine rings is 1. The van der Waals surface area contributed by atoms with Crippen molar-refractivity contribution in [3.05, 3.63) is 54.5 Å². The van der Waals surface area contributed by atoms with Gasteiger partial charge >= 0.3 is 0 Å². The number of hydrogen-bond acceptors (Lipinski definition) is 4. The molecule has 1 aliphatic rings. The van der Waals surface area contributed by atoms with Gasteiger partial charge in [0.2, 0.25) is 5.89 Å². The fourth-order valence-corrected chi connectivity index (χ4v) is 2.38. The molecule has 0 saturated heterocycles. The van der Waals surface area contributed by atoms with Crippen molar-refractivity contribution >= 4 is 0 Å². The van der Waals surface area contributed by atoms with Gasteiger partial charge in [-0.1, -0.05) is 0 Å². The van der Waals surface area contributed by atoms with Crippen molar-refractivity contribution < 1.29 is 9.15 Å².